The van der Waals surface area contributed by atoms with Crippen LogP contribution < -0.4 is 5.32 Å². The van der Waals surface area contributed by atoms with Crippen molar-refractivity contribution in [3.8, 4) is 0 Å². The third kappa shape index (κ3) is 2.92. The van der Waals surface area contributed by atoms with Gasteiger partial charge in [0.05, 0.1) is 0 Å². The summed E-state index contributed by atoms with van der Waals surface area (Å²) in [7, 11) is 2.13. The molecular weight excluding hydrogens is 262 g/mol. The van der Waals surface area contributed by atoms with Crippen LogP contribution in [0.15, 0.2) is 24.3 Å². The summed E-state index contributed by atoms with van der Waals surface area (Å²) in [5.41, 5.74) is 3.11. The van der Waals surface area contributed by atoms with Crippen molar-refractivity contribution in [2.24, 2.45) is 0 Å². The van der Waals surface area contributed by atoms with Gasteiger partial charge in [0.2, 0.25) is 0 Å². The average molecular weight is 289 g/mol. The molecule has 0 aliphatic heterocycles. The Bertz CT molecular complexity index is 439. The number of benzene rings is 1. The lowest BCUT2D eigenvalue weighted by Gasteiger charge is -2.38. The van der Waals surface area contributed by atoms with Crippen LogP contribution in [0.5, 0.6) is 0 Å². The van der Waals surface area contributed by atoms with Crippen molar-refractivity contribution >= 4 is 11.8 Å². The summed E-state index contributed by atoms with van der Waals surface area (Å²) < 4.78 is 0. The molecule has 0 amide bonds. The molecule has 2 aliphatic carbocycles. The van der Waals surface area contributed by atoms with Gasteiger partial charge in [0.25, 0.3) is 0 Å². The fraction of sp³-hybridized carbons (Fsp3) is 0.667. The Balaban J connectivity index is 1.78. The molecule has 2 aliphatic rings. The van der Waals surface area contributed by atoms with Gasteiger partial charge in [0, 0.05) is 16.5 Å². The SMILES string of the molecule is CNC1c2ccccc2C(C)CC1SC1CCCCC1. The fourth-order valence-corrected chi connectivity index (χ4v) is 5.92. The van der Waals surface area contributed by atoms with E-state index in [-0.39, 0.29) is 0 Å². The number of hydrogen-bond acceptors (Lipinski definition) is 2. The zero-order chi connectivity index (χ0) is 13.9. The lowest BCUT2D eigenvalue weighted by atomic mass is 9.81. The Labute approximate surface area is 127 Å². The van der Waals surface area contributed by atoms with E-state index in [4.69, 9.17) is 0 Å². The van der Waals surface area contributed by atoms with Gasteiger partial charge in [-0.3, -0.25) is 0 Å². The van der Waals surface area contributed by atoms with Crippen molar-refractivity contribution < 1.29 is 0 Å². The van der Waals surface area contributed by atoms with E-state index >= 15 is 0 Å². The summed E-state index contributed by atoms with van der Waals surface area (Å²) in [6.45, 7) is 2.40. The molecule has 1 saturated carbocycles. The van der Waals surface area contributed by atoms with Crippen molar-refractivity contribution in [1.82, 2.24) is 5.32 Å². The lowest BCUT2D eigenvalue weighted by molar-refractivity contribution is 0.464. The number of rotatable bonds is 3. The fourth-order valence-electron chi connectivity index (χ4n) is 3.98. The van der Waals surface area contributed by atoms with Crippen LogP contribution in [0.3, 0.4) is 0 Å². The van der Waals surface area contributed by atoms with E-state index in [1.807, 2.05) is 0 Å². The number of nitrogens with one attached hydrogen (secondary N) is 1. The van der Waals surface area contributed by atoms with E-state index in [0.717, 1.165) is 10.5 Å². The molecule has 0 aromatic heterocycles. The first-order valence-corrected chi connectivity index (χ1v) is 9.15. The molecule has 1 nitrogen and oxygen atoms in total. The Morgan fingerprint density at radius 1 is 1.05 bits per heavy atom. The zero-order valence-electron chi connectivity index (χ0n) is 12.8. The summed E-state index contributed by atoms with van der Waals surface area (Å²) >= 11 is 2.28. The average Bonchev–Trinajstić information content (AvgIpc) is 2.49. The molecule has 0 heterocycles. The molecule has 1 aromatic rings. The minimum absolute atomic E-state index is 0.536. The van der Waals surface area contributed by atoms with Gasteiger partial charge in [0.1, 0.15) is 0 Å². The molecule has 110 valence electrons. The van der Waals surface area contributed by atoms with Crippen LogP contribution in [0.4, 0.5) is 0 Å². The van der Waals surface area contributed by atoms with Crippen molar-refractivity contribution in [3.05, 3.63) is 35.4 Å². The van der Waals surface area contributed by atoms with Crippen LogP contribution in [0.1, 0.15) is 68.5 Å². The monoisotopic (exact) mass is 289 g/mol. The molecule has 0 spiro atoms. The minimum atomic E-state index is 0.536. The molecule has 2 heteroatoms. The zero-order valence-corrected chi connectivity index (χ0v) is 13.6. The van der Waals surface area contributed by atoms with Crippen LogP contribution in [0, 0.1) is 0 Å². The van der Waals surface area contributed by atoms with Crippen molar-refractivity contribution in [3.63, 3.8) is 0 Å². The molecule has 0 radical (unpaired) electrons. The van der Waals surface area contributed by atoms with E-state index in [1.165, 1.54) is 38.5 Å². The predicted octanol–water partition coefficient (Wildman–Crippen LogP) is 4.89. The molecule has 1 aromatic carbocycles. The maximum atomic E-state index is 3.60. The molecule has 20 heavy (non-hydrogen) atoms. The normalized spacial score (nSPS) is 31.0. The third-order valence-electron chi connectivity index (χ3n) is 5.05. The second kappa shape index (κ2) is 6.53. The van der Waals surface area contributed by atoms with Crippen LogP contribution in [0.25, 0.3) is 0 Å². The topological polar surface area (TPSA) is 12.0 Å². The number of fused-ring (bicyclic) bond motifs is 1. The Morgan fingerprint density at radius 3 is 2.45 bits per heavy atom. The van der Waals surface area contributed by atoms with Crippen molar-refractivity contribution in [2.75, 3.05) is 7.05 Å². The smallest absolute Gasteiger partial charge is 0.0441 e. The largest absolute Gasteiger partial charge is 0.312 e. The highest BCUT2D eigenvalue weighted by molar-refractivity contribution is 8.00. The highest BCUT2D eigenvalue weighted by Crippen LogP contribution is 2.45. The molecular formula is C18H27NS. The third-order valence-corrected chi connectivity index (χ3v) is 6.72. The Hall–Kier alpha value is -0.470. The van der Waals surface area contributed by atoms with Gasteiger partial charge in [-0.15, -0.1) is 0 Å². The summed E-state index contributed by atoms with van der Waals surface area (Å²) in [6, 6.07) is 9.58. The van der Waals surface area contributed by atoms with Gasteiger partial charge in [-0.25, -0.2) is 0 Å². The molecule has 0 bridgehead atoms. The molecule has 3 rings (SSSR count). The second-order valence-corrected chi connectivity index (χ2v) is 8.01. The van der Waals surface area contributed by atoms with Crippen LogP contribution in [0.2, 0.25) is 0 Å². The van der Waals surface area contributed by atoms with Crippen LogP contribution in [-0.2, 0) is 0 Å². The second-order valence-electron chi connectivity index (χ2n) is 6.47. The number of thioether (sulfide) groups is 1. The molecule has 3 unspecified atom stereocenters. The summed E-state index contributed by atoms with van der Waals surface area (Å²) in [6.07, 6.45) is 8.54. The quantitative estimate of drug-likeness (QED) is 0.850. The van der Waals surface area contributed by atoms with Gasteiger partial charge in [-0.05, 0) is 43.4 Å². The summed E-state index contributed by atoms with van der Waals surface area (Å²) in [4.78, 5) is 0. The minimum Gasteiger partial charge on any atom is -0.312 e. The van der Waals surface area contributed by atoms with E-state index < -0.39 is 0 Å². The maximum Gasteiger partial charge on any atom is 0.0441 e. The summed E-state index contributed by atoms with van der Waals surface area (Å²) in [5, 5.41) is 5.25. The Morgan fingerprint density at radius 2 is 1.75 bits per heavy atom. The highest BCUT2D eigenvalue weighted by atomic mass is 32.2. The van der Waals surface area contributed by atoms with Gasteiger partial charge in [0.15, 0.2) is 0 Å². The van der Waals surface area contributed by atoms with Crippen LogP contribution >= 0.6 is 11.8 Å². The van der Waals surface area contributed by atoms with E-state index in [2.05, 4.69) is 55.3 Å². The van der Waals surface area contributed by atoms with Crippen LogP contribution in [-0.4, -0.2) is 17.5 Å². The number of hydrogen-bond donors (Lipinski definition) is 1. The van der Waals surface area contributed by atoms with E-state index in [1.54, 1.807) is 11.1 Å². The van der Waals surface area contributed by atoms with Crippen molar-refractivity contribution in [2.45, 2.75) is 67.9 Å². The lowest BCUT2D eigenvalue weighted by Crippen LogP contribution is -2.34. The standard InChI is InChI=1S/C18H27NS/c1-13-12-17(20-14-8-4-3-5-9-14)18(19-2)16-11-7-6-10-15(13)16/h6-7,10-11,13-14,17-19H,3-5,8-9,12H2,1-2H3. The first-order chi connectivity index (χ1) is 9.79. The molecule has 1 fully saturated rings. The van der Waals surface area contributed by atoms with E-state index in [9.17, 15) is 0 Å². The first-order valence-electron chi connectivity index (χ1n) is 8.21. The van der Waals surface area contributed by atoms with Gasteiger partial charge in [-0.1, -0.05) is 50.5 Å². The maximum absolute atomic E-state index is 3.60. The predicted molar refractivity (Wildman–Crippen MR) is 89.5 cm³/mol. The first kappa shape index (κ1) is 14.5. The van der Waals surface area contributed by atoms with E-state index in [0.29, 0.717) is 12.0 Å². The van der Waals surface area contributed by atoms with Gasteiger partial charge in [-0.2, -0.15) is 11.8 Å². The Kier molecular flexibility index (Phi) is 4.72. The highest BCUT2D eigenvalue weighted by Gasteiger charge is 2.34. The van der Waals surface area contributed by atoms with Gasteiger partial charge < -0.3 is 5.32 Å². The molecule has 1 N–H and O–H groups in total. The van der Waals surface area contributed by atoms with Crippen molar-refractivity contribution in [1.29, 1.82) is 0 Å². The molecule has 3 atom stereocenters. The van der Waals surface area contributed by atoms with Gasteiger partial charge >= 0.3 is 0 Å². The molecule has 0 saturated heterocycles. The summed E-state index contributed by atoms with van der Waals surface area (Å²) in [5.74, 6) is 0.705.